The summed E-state index contributed by atoms with van der Waals surface area (Å²) in [5.74, 6) is 5.86. The molecule has 1 aromatic heterocycles. The molecule has 0 saturated heterocycles. The highest BCUT2D eigenvalue weighted by Gasteiger charge is 2.11. The van der Waals surface area contributed by atoms with Crippen LogP contribution in [-0.4, -0.2) is 24.0 Å². The molecule has 0 aliphatic rings. The molecule has 1 heterocycles. The Kier molecular flexibility index (Phi) is 5.89. The second-order valence-corrected chi connectivity index (χ2v) is 4.13. The van der Waals surface area contributed by atoms with Crippen LogP contribution in [-0.2, 0) is 0 Å². The van der Waals surface area contributed by atoms with Crippen LogP contribution in [0.1, 0.15) is 36.3 Å². The van der Waals surface area contributed by atoms with Gasteiger partial charge in [0.05, 0.1) is 12.1 Å². The van der Waals surface area contributed by atoms with Gasteiger partial charge in [0.15, 0.2) is 0 Å². The van der Waals surface area contributed by atoms with E-state index in [2.05, 4.69) is 36.0 Å². The summed E-state index contributed by atoms with van der Waals surface area (Å²) in [6.45, 7) is 5.10. The summed E-state index contributed by atoms with van der Waals surface area (Å²) in [4.78, 5) is 16.1. The van der Waals surface area contributed by atoms with Crippen LogP contribution in [0.25, 0.3) is 0 Å². The van der Waals surface area contributed by atoms with Crippen LogP contribution >= 0.6 is 0 Å². The summed E-state index contributed by atoms with van der Waals surface area (Å²) < 4.78 is 0. The van der Waals surface area contributed by atoms with Gasteiger partial charge in [-0.15, -0.1) is 0 Å². The summed E-state index contributed by atoms with van der Waals surface area (Å²) in [6, 6.07) is 3.53. The van der Waals surface area contributed by atoms with Gasteiger partial charge in [0.2, 0.25) is 0 Å². The first kappa shape index (κ1) is 14.2. The zero-order valence-corrected chi connectivity index (χ0v) is 10.9. The van der Waals surface area contributed by atoms with E-state index < -0.39 is 0 Å². The fourth-order valence-corrected chi connectivity index (χ4v) is 1.33. The van der Waals surface area contributed by atoms with Crippen LogP contribution in [0.3, 0.4) is 0 Å². The number of hydrogen-bond acceptors (Lipinski definition) is 3. The van der Waals surface area contributed by atoms with E-state index in [0.29, 0.717) is 23.7 Å². The van der Waals surface area contributed by atoms with Gasteiger partial charge in [0.1, 0.15) is 5.69 Å². The molecule has 4 nitrogen and oxygen atoms in total. The van der Waals surface area contributed by atoms with Crippen molar-refractivity contribution in [3.8, 4) is 11.8 Å². The van der Waals surface area contributed by atoms with E-state index in [-0.39, 0.29) is 12.5 Å². The molecule has 0 saturated carbocycles. The fourth-order valence-electron chi connectivity index (χ4n) is 1.33. The van der Waals surface area contributed by atoms with Gasteiger partial charge in [-0.3, -0.25) is 4.79 Å². The first-order valence-electron chi connectivity index (χ1n) is 6.11. The molecule has 1 aromatic rings. The highest BCUT2D eigenvalue weighted by Crippen LogP contribution is 2.04. The first-order valence-corrected chi connectivity index (χ1v) is 6.11. The molecule has 0 fully saturated rings. The lowest BCUT2D eigenvalue weighted by Crippen LogP contribution is -2.29. The normalized spacial score (nSPS) is 11.3. The average molecular weight is 245 g/mol. The SMILES string of the molecule is CCC(C)CNC(=O)c1ncccc1C#CCN. The number of nitrogens with zero attached hydrogens (tertiary/aromatic N) is 1. The van der Waals surface area contributed by atoms with Crippen molar-refractivity contribution in [1.29, 1.82) is 0 Å². The molecule has 0 aromatic carbocycles. The van der Waals surface area contributed by atoms with Crippen LogP contribution in [0.2, 0.25) is 0 Å². The Bertz CT molecular complexity index is 460. The smallest absolute Gasteiger partial charge is 0.271 e. The highest BCUT2D eigenvalue weighted by atomic mass is 16.1. The maximum absolute atomic E-state index is 12.0. The molecule has 18 heavy (non-hydrogen) atoms. The quantitative estimate of drug-likeness (QED) is 0.782. The van der Waals surface area contributed by atoms with Gasteiger partial charge < -0.3 is 11.1 Å². The van der Waals surface area contributed by atoms with E-state index in [1.165, 1.54) is 0 Å². The molecular weight excluding hydrogens is 226 g/mol. The molecule has 0 radical (unpaired) electrons. The third-order valence-electron chi connectivity index (χ3n) is 2.66. The third kappa shape index (κ3) is 4.19. The molecule has 0 aliphatic heterocycles. The maximum atomic E-state index is 12.0. The Morgan fingerprint density at radius 2 is 2.39 bits per heavy atom. The van der Waals surface area contributed by atoms with Crippen LogP contribution in [0.4, 0.5) is 0 Å². The Balaban J connectivity index is 2.79. The molecule has 96 valence electrons. The van der Waals surface area contributed by atoms with Gasteiger partial charge in [-0.05, 0) is 18.1 Å². The number of carbonyl (C=O) groups excluding carboxylic acids is 1. The van der Waals surface area contributed by atoms with Gasteiger partial charge in [0.25, 0.3) is 5.91 Å². The minimum absolute atomic E-state index is 0.183. The first-order chi connectivity index (χ1) is 8.69. The number of aromatic nitrogens is 1. The number of amides is 1. The van der Waals surface area contributed by atoms with E-state index in [9.17, 15) is 4.79 Å². The third-order valence-corrected chi connectivity index (χ3v) is 2.66. The standard InChI is InChI=1S/C14H19N3O/c1-3-11(2)10-17-14(18)13-12(6-4-8-15)7-5-9-16-13/h5,7,9,11H,3,8,10,15H2,1-2H3,(H,17,18). The number of nitrogens with two attached hydrogens (primary N) is 1. The number of carbonyl (C=O) groups is 1. The monoisotopic (exact) mass is 245 g/mol. The second-order valence-electron chi connectivity index (χ2n) is 4.13. The minimum Gasteiger partial charge on any atom is -0.350 e. The maximum Gasteiger partial charge on any atom is 0.271 e. The van der Waals surface area contributed by atoms with Crippen molar-refractivity contribution in [3.63, 3.8) is 0 Å². The predicted octanol–water partition coefficient (Wildman–Crippen LogP) is 1.17. The lowest BCUT2D eigenvalue weighted by molar-refractivity contribution is 0.0942. The van der Waals surface area contributed by atoms with Gasteiger partial charge >= 0.3 is 0 Å². The van der Waals surface area contributed by atoms with Crippen LogP contribution in [0.15, 0.2) is 18.3 Å². The number of pyridine rings is 1. The van der Waals surface area contributed by atoms with Crippen molar-refractivity contribution in [2.75, 3.05) is 13.1 Å². The van der Waals surface area contributed by atoms with E-state index in [0.717, 1.165) is 6.42 Å². The Hall–Kier alpha value is -1.86. The summed E-state index contributed by atoms with van der Waals surface area (Å²) in [5, 5.41) is 2.87. The number of hydrogen-bond donors (Lipinski definition) is 2. The molecule has 4 heteroatoms. The Morgan fingerprint density at radius 1 is 1.61 bits per heavy atom. The molecule has 3 N–H and O–H groups in total. The predicted molar refractivity (Wildman–Crippen MR) is 72.0 cm³/mol. The summed E-state index contributed by atoms with van der Waals surface area (Å²) in [5.41, 5.74) is 6.30. The molecule has 1 rings (SSSR count). The number of nitrogens with one attached hydrogen (secondary N) is 1. The van der Waals surface area contributed by atoms with E-state index in [1.54, 1.807) is 18.3 Å². The topological polar surface area (TPSA) is 68.0 Å². The molecule has 0 bridgehead atoms. The van der Waals surface area contributed by atoms with Crippen molar-refractivity contribution in [3.05, 3.63) is 29.6 Å². The van der Waals surface area contributed by atoms with Crippen molar-refractivity contribution < 1.29 is 4.79 Å². The van der Waals surface area contributed by atoms with E-state index in [4.69, 9.17) is 5.73 Å². The van der Waals surface area contributed by atoms with Crippen LogP contribution in [0.5, 0.6) is 0 Å². The van der Waals surface area contributed by atoms with Crippen LogP contribution in [0, 0.1) is 17.8 Å². The van der Waals surface area contributed by atoms with Crippen LogP contribution < -0.4 is 11.1 Å². The zero-order valence-electron chi connectivity index (χ0n) is 10.9. The average Bonchev–Trinajstić information content (AvgIpc) is 2.42. The molecule has 1 atom stereocenters. The van der Waals surface area contributed by atoms with Gasteiger partial charge in [-0.1, -0.05) is 32.1 Å². The zero-order chi connectivity index (χ0) is 13.4. The molecule has 1 amide bonds. The molecule has 0 aliphatic carbocycles. The molecule has 0 spiro atoms. The largest absolute Gasteiger partial charge is 0.350 e. The Labute approximate surface area is 108 Å². The van der Waals surface area contributed by atoms with Crippen molar-refractivity contribution in [2.24, 2.45) is 11.7 Å². The number of rotatable bonds is 4. The van der Waals surface area contributed by atoms with E-state index >= 15 is 0 Å². The lowest BCUT2D eigenvalue weighted by Gasteiger charge is -2.10. The Morgan fingerprint density at radius 3 is 3.06 bits per heavy atom. The van der Waals surface area contributed by atoms with Gasteiger partial charge in [-0.25, -0.2) is 4.98 Å². The van der Waals surface area contributed by atoms with Gasteiger partial charge in [-0.2, -0.15) is 0 Å². The van der Waals surface area contributed by atoms with Gasteiger partial charge in [0, 0.05) is 12.7 Å². The summed E-state index contributed by atoms with van der Waals surface area (Å²) >= 11 is 0. The summed E-state index contributed by atoms with van der Waals surface area (Å²) in [7, 11) is 0. The fraction of sp³-hybridized carbons (Fsp3) is 0.429. The minimum atomic E-state index is -0.183. The molecular formula is C14H19N3O. The van der Waals surface area contributed by atoms with Crippen molar-refractivity contribution >= 4 is 5.91 Å². The van der Waals surface area contributed by atoms with Crippen molar-refractivity contribution in [1.82, 2.24) is 10.3 Å². The van der Waals surface area contributed by atoms with E-state index in [1.807, 2.05) is 0 Å². The highest BCUT2D eigenvalue weighted by molar-refractivity contribution is 5.94. The lowest BCUT2D eigenvalue weighted by atomic mass is 10.1. The molecule has 1 unspecified atom stereocenters. The summed E-state index contributed by atoms with van der Waals surface area (Å²) in [6.07, 6.45) is 2.62. The second kappa shape index (κ2) is 7.46. The van der Waals surface area contributed by atoms with Crippen molar-refractivity contribution in [2.45, 2.75) is 20.3 Å².